The number of fused-ring (bicyclic) bond motifs is 1. The van der Waals surface area contributed by atoms with Crippen molar-refractivity contribution in [2.24, 2.45) is 5.92 Å². The Bertz CT molecular complexity index is 866. The number of hydrogen-bond acceptors (Lipinski definition) is 3. The van der Waals surface area contributed by atoms with Crippen LogP contribution in [0.4, 0.5) is 0 Å². The van der Waals surface area contributed by atoms with Gasteiger partial charge in [0.25, 0.3) is 0 Å². The smallest absolute Gasteiger partial charge is 0.0711 e. The summed E-state index contributed by atoms with van der Waals surface area (Å²) in [6, 6.07) is 10.8. The van der Waals surface area contributed by atoms with Crippen LogP contribution < -0.4 is 0 Å². The molecule has 1 aliphatic heterocycles. The molecule has 0 unspecified atom stereocenters. The van der Waals surface area contributed by atoms with Gasteiger partial charge in [0.15, 0.2) is 0 Å². The topological polar surface area (TPSA) is 57.1 Å². The minimum atomic E-state index is -0.281. The number of nitrogens with one attached hydrogen (secondary N) is 1. The molecule has 3 aromatic rings. The molecule has 2 atom stereocenters. The molecule has 0 amide bonds. The van der Waals surface area contributed by atoms with E-state index in [0.717, 1.165) is 44.0 Å². The maximum absolute atomic E-state index is 10.5. The predicted molar refractivity (Wildman–Crippen MR) is 99.4 cm³/mol. The van der Waals surface area contributed by atoms with Crippen LogP contribution in [0, 0.1) is 12.8 Å². The molecule has 0 saturated carbocycles. The van der Waals surface area contributed by atoms with E-state index >= 15 is 0 Å². The average Bonchev–Trinajstić information content (AvgIpc) is 3.28. The number of aromatic amines is 1. The summed E-state index contributed by atoms with van der Waals surface area (Å²) in [5, 5.41) is 19.1. The Hall–Kier alpha value is -2.11. The third kappa shape index (κ3) is 3.22. The minimum absolute atomic E-state index is 0.252. The summed E-state index contributed by atoms with van der Waals surface area (Å²) in [6.07, 6.45) is 2.71. The van der Waals surface area contributed by atoms with Gasteiger partial charge < -0.3 is 9.67 Å². The Balaban J connectivity index is 1.48. The first-order chi connectivity index (χ1) is 12.1. The summed E-state index contributed by atoms with van der Waals surface area (Å²) in [5.74, 6) is 0.252. The number of nitrogens with zero attached hydrogens (tertiary/aromatic N) is 3. The molecule has 25 heavy (non-hydrogen) atoms. The zero-order chi connectivity index (χ0) is 17.4. The molecule has 1 aromatic carbocycles. The highest BCUT2D eigenvalue weighted by Crippen LogP contribution is 2.26. The lowest BCUT2D eigenvalue weighted by molar-refractivity contribution is 0.140. The predicted octanol–water partition coefficient (Wildman–Crippen LogP) is 2.73. The number of aliphatic hydroxyl groups excluding tert-OH is 1. The van der Waals surface area contributed by atoms with E-state index in [1.54, 1.807) is 0 Å². The second-order valence-corrected chi connectivity index (χ2v) is 7.22. The van der Waals surface area contributed by atoms with Crippen LogP contribution in [-0.2, 0) is 19.5 Å². The summed E-state index contributed by atoms with van der Waals surface area (Å²) in [7, 11) is 0. The number of β-amino-alcohol motifs (C(OH)–C–C–N with tert-alkyl or cyclic N) is 1. The van der Waals surface area contributed by atoms with Gasteiger partial charge in [-0.15, -0.1) is 0 Å². The van der Waals surface area contributed by atoms with Crippen molar-refractivity contribution in [2.75, 3.05) is 13.1 Å². The fourth-order valence-electron chi connectivity index (χ4n) is 4.06. The molecule has 4 rings (SSSR count). The molecule has 5 nitrogen and oxygen atoms in total. The zero-order valence-electron chi connectivity index (χ0n) is 14.9. The third-order valence-corrected chi connectivity index (χ3v) is 5.35. The molecule has 0 radical (unpaired) electrons. The van der Waals surface area contributed by atoms with Gasteiger partial charge in [-0.1, -0.05) is 12.1 Å². The van der Waals surface area contributed by atoms with Crippen molar-refractivity contribution >= 4 is 10.9 Å². The van der Waals surface area contributed by atoms with Crippen molar-refractivity contribution in [2.45, 2.75) is 39.5 Å². The molecule has 5 heteroatoms. The van der Waals surface area contributed by atoms with Crippen LogP contribution in [0.25, 0.3) is 10.9 Å². The third-order valence-electron chi connectivity index (χ3n) is 5.35. The van der Waals surface area contributed by atoms with Crippen molar-refractivity contribution in [3.8, 4) is 0 Å². The molecule has 1 aliphatic rings. The first kappa shape index (κ1) is 16.4. The molecule has 2 aromatic heterocycles. The highest BCUT2D eigenvalue weighted by molar-refractivity contribution is 5.83. The molecule has 0 bridgehead atoms. The normalized spacial score (nSPS) is 21.4. The van der Waals surface area contributed by atoms with Gasteiger partial charge in [0.2, 0.25) is 0 Å². The van der Waals surface area contributed by atoms with E-state index in [0.29, 0.717) is 0 Å². The quantitative estimate of drug-likeness (QED) is 0.752. The Labute approximate surface area is 148 Å². The van der Waals surface area contributed by atoms with E-state index < -0.39 is 0 Å². The Morgan fingerprint density at radius 3 is 2.92 bits per heavy atom. The molecule has 1 saturated heterocycles. The fourth-order valence-corrected chi connectivity index (χ4v) is 4.06. The van der Waals surface area contributed by atoms with Gasteiger partial charge in [0.05, 0.1) is 11.8 Å². The van der Waals surface area contributed by atoms with Gasteiger partial charge in [0, 0.05) is 54.9 Å². The van der Waals surface area contributed by atoms with Crippen molar-refractivity contribution in [1.82, 2.24) is 19.7 Å². The molecule has 0 aliphatic carbocycles. The monoisotopic (exact) mass is 338 g/mol. The molecular formula is C20H26N4O. The number of likely N-dealkylation sites (tertiary alicyclic amines) is 1. The van der Waals surface area contributed by atoms with E-state index in [2.05, 4.69) is 63.1 Å². The average molecular weight is 338 g/mol. The number of aryl methyl sites for hydroxylation is 2. The maximum Gasteiger partial charge on any atom is 0.0711 e. The van der Waals surface area contributed by atoms with Gasteiger partial charge in [-0.2, -0.15) is 5.10 Å². The number of aliphatic hydroxyl groups is 1. The van der Waals surface area contributed by atoms with E-state index in [-0.39, 0.29) is 12.0 Å². The molecule has 3 heterocycles. The molecule has 2 N–H and O–H groups in total. The first-order valence-corrected chi connectivity index (χ1v) is 9.12. The number of hydrogen-bond donors (Lipinski definition) is 2. The molecule has 0 spiro atoms. The number of H-pyrrole nitrogens is 1. The standard InChI is InChI=1S/C20H26N4O/c1-3-24-8-7-18-15(5-4-6-19(18)24)11-23-12-16(20(25)13-23)10-17-9-14(2)21-22-17/h4-9,16,20,25H,3,10-13H2,1-2H3,(H,21,22)/t16-,20-/m1/s1. The first-order valence-electron chi connectivity index (χ1n) is 9.12. The van der Waals surface area contributed by atoms with Gasteiger partial charge in [-0.3, -0.25) is 10.00 Å². The van der Waals surface area contributed by atoms with Crippen LogP contribution in [0.3, 0.4) is 0 Å². The lowest BCUT2D eigenvalue weighted by atomic mass is 10.00. The summed E-state index contributed by atoms with van der Waals surface area (Å²) in [4.78, 5) is 2.37. The van der Waals surface area contributed by atoms with Crippen LogP contribution >= 0.6 is 0 Å². The largest absolute Gasteiger partial charge is 0.391 e. The Morgan fingerprint density at radius 1 is 1.28 bits per heavy atom. The van der Waals surface area contributed by atoms with Gasteiger partial charge in [-0.05, 0) is 44.0 Å². The minimum Gasteiger partial charge on any atom is -0.391 e. The second kappa shape index (κ2) is 6.65. The number of benzene rings is 1. The SMILES string of the molecule is CCn1ccc2c(CN3C[C@@H](Cc4cc(C)[nH]n4)[C@H](O)C3)cccc21. The molecule has 1 fully saturated rings. The van der Waals surface area contributed by atoms with Crippen molar-refractivity contribution in [3.05, 3.63) is 53.5 Å². The van der Waals surface area contributed by atoms with Crippen LogP contribution in [0.5, 0.6) is 0 Å². The van der Waals surface area contributed by atoms with E-state index in [1.165, 1.54) is 16.5 Å². The molecular weight excluding hydrogens is 312 g/mol. The Kier molecular flexibility index (Phi) is 4.36. The number of rotatable bonds is 5. The highest BCUT2D eigenvalue weighted by atomic mass is 16.3. The Morgan fingerprint density at radius 2 is 2.16 bits per heavy atom. The van der Waals surface area contributed by atoms with Crippen molar-refractivity contribution in [1.29, 1.82) is 0 Å². The second-order valence-electron chi connectivity index (χ2n) is 7.22. The lowest BCUT2D eigenvalue weighted by Gasteiger charge is -2.16. The fraction of sp³-hybridized carbons (Fsp3) is 0.450. The van der Waals surface area contributed by atoms with Crippen molar-refractivity contribution in [3.63, 3.8) is 0 Å². The lowest BCUT2D eigenvalue weighted by Crippen LogP contribution is -2.21. The van der Waals surface area contributed by atoms with Crippen LogP contribution in [-0.4, -0.2) is 44.0 Å². The van der Waals surface area contributed by atoms with Crippen LogP contribution in [0.15, 0.2) is 36.5 Å². The highest BCUT2D eigenvalue weighted by Gasteiger charge is 2.32. The van der Waals surface area contributed by atoms with Crippen LogP contribution in [0.1, 0.15) is 23.9 Å². The van der Waals surface area contributed by atoms with Crippen LogP contribution in [0.2, 0.25) is 0 Å². The van der Waals surface area contributed by atoms with E-state index in [4.69, 9.17) is 0 Å². The summed E-state index contributed by atoms with van der Waals surface area (Å²) in [6.45, 7) is 7.71. The van der Waals surface area contributed by atoms with Gasteiger partial charge in [0.1, 0.15) is 0 Å². The summed E-state index contributed by atoms with van der Waals surface area (Å²) in [5.41, 5.74) is 4.76. The van der Waals surface area contributed by atoms with E-state index in [1.807, 2.05) is 6.92 Å². The van der Waals surface area contributed by atoms with Crippen molar-refractivity contribution < 1.29 is 5.11 Å². The summed E-state index contributed by atoms with van der Waals surface area (Å²) >= 11 is 0. The van der Waals surface area contributed by atoms with E-state index in [9.17, 15) is 5.11 Å². The summed E-state index contributed by atoms with van der Waals surface area (Å²) < 4.78 is 2.28. The molecule has 132 valence electrons. The maximum atomic E-state index is 10.5. The zero-order valence-corrected chi connectivity index (χ0v) is 14.9. The van der Waals surface area contributed by atoms with Gasteiger partial charge in [-0.25, -0.2) is 0 Å². The van der Waals surface area contributed by atoms with Gasteiger partial charge >= 0.3 is 0 Å². The number of aromatic nitrogens is 3.